The summed E-state index contributed by atoms with van der Waals surface area (Å²) in [6.45, 7) is 6.01. The van der Waals surface area contributed by atoms with Crippen LogP contribution >= 0.6 is 11.6 Å². The van der Waals surface area contributed by atoms with Crippen molar-refractivity contribution in [2.24, 2.45) is 5.92 Å². The molecule has 0 radical (unpaired) electrons. The summed E-state index contributed by atoms with van der Waals surface area (Å²) in [6, 6.07) is 11.3. The number of rotatable bonds is 8. The van der Waals surface area contributed by atoms with Crippen LogP contribution in [0.15, 0.2) is 36.4 Å². The van der Waals surface area contributed by atoms with Crippen LogP contribution in [0.4, 0.5) is 0 Å². The Balaban J connectivity index is 1.65. The number of ether oxygens (including phenoxy) is 3. The average Bonchev–Trinajstić information content (AvgIpc) is 2.71. The maximum absolute atomic E-state index is 12.7. The van der Waals surface area contributed by atoms with E-state index < -0.39 is 0 Å². The summed E-state index contributed by atoms with van der Waals surface area (Å²) in [4.78, 5) is 12.7. The molecule has 0 fully saturated rings. The third kappa shape index (κ3) is 4.90. The number of hydrogen-bond donors (Lipinski definition) is 1. The molecule has 0 bridgehead atoms. The molecule has 1 N–H and O–H groups in total. The summed E-state index contributed by atoms with van der Waals surface area (Å²) in [5.41, 5.74) is 1.63. The van der Waals surface area contributed by atoms with E-state index in [4.69, 9.17) is 25.8 Å². The fraction of sp³-hybridized carbons (Fsp3) is 0.409. The number of benzene rings is 2. The Morgan fingerprint density at radius 1 is 1.25 bits per heavy atom. The molecule has 2 aromatic carbocycles. The highest BCUT2D eigenvalue weighted by Crippen LogP contribution is 2.37. The van der Waals surface area contributed by atoms with Gasteiger partial charge in [-0.2, -0.15) is 0 Å². The van der Waals surface area contributed by atoms with Gasteiger partial charge >= 0.3 is 0 Å². The number of nitrogens with one attached hydrogen (secondary N) is 1. The zero-order chi connectivity index (χ0) is 19.9. The zero-order valence-electron chi connectivity index (χ0n) is 16.3. The van der Waals surface area contributed by atoms with Crippen molar-refractivity contribution < 1.29 is 19.0 Å². The number of amides is 1. The van der Waals surface area contributed by atoms with Crippen LogP contribution in [-0.2, 0) is 6.42 Å². The molecule has 1 aliphatic rings. The van der Waals surface area contributed by atoms with Crippen LogP contribution in [0.1, 0.15) is 36.2 Å². The van der Waals surface area contributed by atoms with E-state index in [0.717, 1.165) is 18.6 Å². The smallest absolute Gasteiger partial charge is 0.251 e. The maximum atomic E-state index is 12.7. The lowest BCUT2D eigenvalue weighted by atomic mass is 9.96. The van der Waals surface area contributed by atoms with Gasteiger partial charge in [-0.1, -0.05) is 36.7 Å². The van der Waals surface area contributed by atoms with Gasteiger partial charge in [-0.05, 0) is 43.5 Å². The van der Waals surface area contributed by atoms with E-state index in [1.807, 2.05) is 32.0 Å². The molecule has 0 saturated heterocycles. The monoisotopic (exact) mass is 403 g/mol. The van der Waals surface area contributed by atoms with Crippen molar-refractivity contribution >= 4 is 17.5 Å². The van der Waals surface area contributed by atoms with Gasteiger partial charge in [0.15, 0.2) is 11.5 Å². The summed E-state index contributed by atoms with van der Waals surface area (Å²) >= 11 is 6.35. The van der Waals surface area contributed by atoms with Crippen LogP contribution in [0, 0.1) is 5.92 Å². The Morgan fingerprint density at radius 3 is 2.86 bits per heavy atom. The van der Waals surface area contributed by atoms with Gasteiger partial charge in [-0.25, -0.2) is 0 Å². The van der Waals surface area contributed by atoms with E-state index in [9.17, 15) is 4.79 Å². The molecule has 28 heavy (non-hydrogen) atoms. The lowest BCUT2D eigenvalue weighted by Crippen LogP contribution is -2.34. The Labute approximate surface area is 170 Å². The largest absolute Gasteiger partial charge is 0.493 e. The first-order valence-corrected chi connectivity index (χ1v) is 10.1. The van der Waals surface area contributed by atoms with Gasteiger partial charge < -0.3 is 19.5 Å². The quantitative estimate of drug-likeness (QED) is 0.704. The molecule has 1 aliphatic heterocycles. The lowest BCUT2D eigenvalue weighted by Gasteiger charge is -2.25. The second-order valence-electron chi connectivity index (χ2n) is 6.77. The summed E-state index contributed by atoms with van der Waals surface area (Å²) < 4.78 is 17.1. The van der Waals surface area contributed by atoms with Gasteiger partial charge in [-0.3, -0.25) is 4.79 Å². The highest BCUT2D eigenvalue weighted by Gasteiger charge is 2.21. The van der Waals surface area contributed by atoms with Gasteiger partial charge in [0, 0.05) is 18.0 Å². The van der Waals surface area contributed by atoms with Gasteiger partial charge in [-0.15, -0.1) is 0 Å². The first kappa shape index (κ1) is 20.3. The summed E-state index contributed by atoms with van der Waals surface area (Å²) in [5, 5.41) is 3.36. The number of fused-ring (bicyclic) bond motifs is 1. The molecule has 6 heteroatoms. The summed E-state index contributed by atoms with van der Waals surface area (Å²) in [7, 11) is 0. The molecular weight excluding hydrogens is 378 g/mol. The van der Waals surface area contributed by atoms with Crippen LogP contribution in [-0.4, -0.2) is 32.3 Å². The number of hydrogen-bond acceptors (Lipinski definition) is 4. The second-order valence-corrected chi connectivity index (χ2v) is 7.17. The molecule has 150 valence electrons. The van der Waals surface area contributed by atoms with Crippen LogP contribution in [0.25, 0.3) is 0 Å². The molecule has 0 aliphatic carbocycles. The molecule has 0 aromatic heterocycles. The van der Waals surface area contributed by atoms with Gasteiger partial charge in [0.2, 0.25) is 0 Å². The molecule has 2 aromatic rings. The Hall–Kier alpha value is -2.40. The van der Waals surface area contributed by atoms with Crippen molar-refractivity contribution in [3.63, 3.8) is 0 Å². The van der Waals surface area contributed by atoms with Gasteiger partial charge in [0.1, 0.15) is 5.75 Å². The van der Waals surface area contributed by atoms with Crippen molar-refractivity contribution in [3.8, 4) is 17.2 Å². The Bertz CT molecular complexity index is 824. The van der Waals surface area contributed by atoms with Gasteiger partial charge in [0.25, 0.3) is 5.91 Å². The van der Waals surface area contributed by atoms with Crippen molar-refractivity contribution in [2.75, 3.05) is 26.4 Å². The predicted molar refractivity (Wildman–Crippen MR) is 110 cm³/mol. The second kappa shape index (κ2) is 9.69. The molecule has 1 heterocycles. The minimum atomic E-state index is -0.191. The molecule has 0 spiro atoms. The third-order valence-corrected chi connectivity index (χ3v) is 4.81. The van der Waals surface area contributed by atoms with Crippen molar-refractivity contribution in [2.45, 2.75) is 26.7 Å². The fourth-order valence-corrected chi connectivity index (χ4v) is 3.43. The topological polar surface area (TPSA) is 56.8 Å². The molecule has 1 atom stereocenters. The minimum absolute atomic E-state index is 0.191. The maximum Gasteiger partial charge on any atom is 0.251 e. The zero-order valence-corrected chi connectivity index (χ0v) is 17.1. The van der Waals surface area contributed by atoms with E-state index in [-0.39, 0.29) is 11.8 Å². The number of para-hydroxylation sites is 1. The van der Waals surface area contributed by atoms with Crippen molar-refractivity contribution in [1.82, 2.24) is 5.32 Å². The van der Waals surface area contributed by atoms with Crippen LogP contribution < -0.4 is 19.5 Å². The van der Waals surface area contributed by atoms with Crippen LogP contribution in [0.5, 0.6) is 17.2 Å². The van der Waals surface area contributed by atoms with Crippen molar-refractivity contribution in [1.29, 1.82) is 0 Å². The number of halogens is 1. The van der Waals surface area contributed by atoms with E-state index >= 15 is 0 Å². The highest BCUT2D eigenvalue weighted by atomic mass is 35.5. The first-order chi connectivity index (χ1) is 13.6. The fourth-order valence-electron chi connectivity index (χ4n) is 3.17. The molecule has 1 amide bonds. The molecular formula is C22H26ClNO4. The highest BCUT2D eigenvalue weighted by molar-refractivity contribution is 6.32. The third-order valence-electron chi connectivity index (χ3n) is 4.53. The number of carbonyl (C=O) groups is 1. The van der Waals surface area contributed by atoms with E-state index in [1.54, 1.807) is 12.1 Å². The number of carbonyl (C=O) groups excluding carboxylic acids is 1. The molecule has 0 unspecified atom stereocenters. The average molecular weight is 404 g/mol. The Kier molecular flexibility index (Phi) is 7.04. The van der Waals surface area contributed by atoms with Crippen molar-refractivity contribution in [3.05, 3.63) is 52.5 Å². The van der Waals surface area contributed by atoms with Gasteiger partial charge in [0.05, 0.1) is 24.8 Å². The molecule has 5 nitrogen and oxygen atoms in total. The SMILES string of the molecule is CCCOc1c(Cl)cc(C(=O)NC[C@H]2COc3ccccc3C2)cc1OCC. The first-order valence-electron chi connectivity index (χ1n) is 9.70. The predicted octanol–water partition coefficient (Wildman–Crippen LogP) is 4.51. The van der Waals surface area contributed by atoms with E-state index in [2.05, 4.69) is 11.4 Å². The standard InChI is InChI=1S/C22H26ClNO4/c1-3-9-27-21-18(23)11-17(12-20(21)26-4-2)22(25)24-13-15-10-16-7-5-6-8-19(16)28-14-15/h5-8,11-12,15H,3-4,9-10,13-14H2,1-2H3,(H,24,25)/t15-/m0/s1. The summed E-state index contributed by atoms with van der Waals surface area (Å²) in [6.07, 6.45) is 1.74. The van der Waals surface area contributed by atoms with E-state index in [0.29, 0.717) is 48.5 Å². The van der Waals surface area contributed by atoms with E-state index in [1.165, 1.54) is 5.56 Å². The minimum Gasteiger partial charge on any atom is -0.493 e. The Morgan fingerprint density at radius 2 is 2.07 bits per heavy atom. The normalized spacial score (nSPS) is 15.3. The lowest BCUT2D eigenvalue weighted by molar-refractivity contribution is 0.0938. The summed E-state index contributed by atoms with van der Waals surface area (Å²) in [5.74, 6) is 1.94. The molecule has 3 rings (SSSR count). The van der Waals surface area contributed by atoms with Crippen LogP contribution in [0.2, 0.25) is 5.02 Å². The van der Waals surface area contributed by atoms with Crippen LogP contribution in [0.3, 0.4) is 0 Å². The molecule has 0 saturated carbocycles.